The third-order valence-electron chi connectivity index (χ3n) is 1.34. The van der Waals surface area contributed by atoms with E-state index in [-0.39, 0.29) is 5.75 Å². The summed E-state index contributed by atoms with van der Waals surface area (Å²) in [5, 5.41) is 9.09. The summed E-state index contributed by atoms with van der Waals surface area (Å²) in [6.07, 6.45) is 0.696. The van der Waals surface area contributed by atoms with Crippen LogP contribution in [0.3, 0.4) is 0 Å². The van der Waals surface area contributed by atoms with E-state index in [1.54, 1.807) is 14.2 Å². The van der Waals surface area contributed by atoms with Crippen LogP contribution >= 0.6 is 0 Å². The standard InChI is InChI=1S/C8H8O3.C2H6O.C2H6/c1-11-8-4-6(5-9)2-3-7(8)10;1-3-2;1-2/h2-5,10H,1H3;1-2H3;1-2H3. The van der Waals surface area contributed by atoms with Crippen LogP contribution in [0.15, 0.2) is 18.2 Å². The van der Waals surface area contributed by atoms with Crippen molar-refractivity contribution in [3.8, 4) is 11.5 Å². The van der Waals surface area contributed by atoms with Crippen molar-refractivity contribution in [2.24, 2.45) is 0 Å². The van der Waals surface area contributed by atoms with Gasteiger partial charge < -0.3 is 14.6 Å². The Morgan fingerprint density at radius 2 is 1.69 bits per heavy atom. The molecule has 0 saturated carbocycles. The summed E-state index contributed by atoms with van der Waals surface area (Å²) >= 11 is 0. The zero-order valence-electron chi connectivity index (χ0n) is 10.5. The molecule has 1 N–H and O–H groups in total. The lowest BCUT2D eigenvalue weighted by atomic mass is 10.2. The monoisotopic (exact) mass is 228 g/mol. The van der Waals surface area contributed by atoms with Gasteiger partial charge in [0, 0.05) is 19.8 Å². The molecule has 1 rings (SSSR count). The smallest absolute Gasteiger partial charge is 0.161 e. The third-order valence-corrected chi connectivity index (χ3v) is 1.34. The quantitative estimate of drug-likeness (QED) is 0.790. The van der Waals surface area contributed by atoms with Crippen molar-refractivity contribution in [2.45, 2.75) is 13.8 Å². The Bertz CT molecular complexity index is 284. The first-order valence-corrected chi connectivity index (χ1v) is 4.91. The van der Waals surface area contributed by atoms with E-state index in [0.29, 0.717) is 17.6 Å². The molecule has 0 aliphatic rings. The number of carbonyl (C=O) groups excluding carboxylic acids is 1. The summed E-state index contributed by atoms with van der Waals surface area (Å²) in [4.78, 5) is 10.2. The van der Waals surface area contributed by atoms with Crippen molar-refractivity contribution >= 4 is 6.29 Å². The number of hydrogen-bond acceptors (Lipinski definition) is 4. The molecule has 1 aromatic carbocycles. The number of aromatic hydroxyl groups is 1. The van der Waals surface area contributed by atoms with Gasteiger partial charge in [0.1, 0.15) is 6.29 Å². The summed E-state index contributed by atoms with van der Waals surface area (Å²) in [5.41, 5.74) is 0.486. The lowest BCUT2D eigenvalue weighted by molar-refractivity contribution is 0.112. The third kappa shape index (κ3) is 6.84. The Labute approximate surface area is 96.8 Å². The number of benzene rings is 1. The lowest BCUT2D eigenvalue weighted by Crippen LogP contribution is -1.85. The summed E-state index contributed by atoms with van der Waals surface area (Å²) in [6.45, 7) is 4.00. The normalized spacial score (nSPS) is 7.81. The van der Waals surface area contributed by atoms with Crippen LogP contribution in [0.1, 0.15) is 24.2 Å². The molecule has 1 aromatic rings. The van der Waals surface area contributed by atoms with Gasteiger partial charge >= 0.3 is 0 Å². The van der Waals surface area contributed by atoms with Crippen LogP contribution in [-0.4, -0.2) is 32.7 Å². The van der Waals surface area contributed by atoms with Crippen LogP contribution in [0.2, 0.25) is 0 Å². The molecule has 16 heavy (non-hydrogen) atoms. The second kappa shape index (κ2) is 11.5. The average Bonchev–Trinajstić information content (AvgIpc) is 2.33. The van der Waals surface area contributed by atoms with E-state index in [4.69, 9.17) is 9.84 Å². The molecular formula is C12H20O4. The van der Waals surface area contributed by atoms with Crippen LogP contribution in [0.25, 0.3) is 0 Å². The fourth-order valence-corrected chi connectivity index (χ4v) is 0.768. The maximum absolute atomic E-state index is 10.2. The molecule has 0 saturated heterocycles. The Kier molecular flexibility index (Phi) is 12.1. The Morgan fingerprint density at radius 3 is 2.06 bits per heavy atom. The number of phenols is 1. The SMILES string of the molecule is CC.COC.COc1cc(C=O)ccc1O. The highest BCUT2D eigenvalue weighted by Gasteiger charge is 2.00. The van der Waals surface area contributed by atoms with Gasteiger partial charge in [0.2, 0.25) is 0 Å². The molecule has 0 aliphatic carbocycles. The topological polar surface area (TPSA) is 55.8 Å². The minimum absolute atomic E-state index is 0.0399. The van der Waals surface area contributed by atoms with E-state index in [1.165, 1.54) is 25.3 Å². The van der Waals surface area contributed by atoms with Crippen molar-refractivity contribution in [1.29, 1.82) is 0 Å². The molecular weight excluding hydrogens is 208 g/mol. The van der Waals surface area contributed by atoms with Gasteiger partial charge in [-0.15, -0.1) is 0 Å². The average molecular weight is 228 g/mol. The van der Waals surface area contributed by atoms with Gasteiger partial charge in [-0.2, -0.15) is 0 Å². The molecule has 4 heteroatoms. The number of rotatable bonds is 2. The lowest BCUT2D eigenvalue weighted by Gasteiger charge is -2.01. The molecule has 0 radical (unpaired) electrons. The van der Waals surface area contributed by atoms with Gasteiger partial charge in [-0.05, 0) is 18.2 Å². The zero-order chi connectivity index (χ0) is 13.0. The van der Waals surface area contributed by atoms with Gasteiger partial charge in [0.15, 0.2) is 11.5 Å². The molecule has 0 aromatic heterocycles. The van der Waals surface area contributed by atoms with Crippen LogP contribution in [0.4, 0.5) is 0 Å². The fraction of sp³-hybridized carbons (Fsp3) is 0.417. The number of phenolic OH excluding ortho intramolecular Hbond substituents is 1. The molecule has 0 amide bonds. The van der Waals surface area contributed by atoms with Crippen LogP contribution < -0.4 is 4.74 Å². The van der Waals surface area contributed by atoms with Gasteiger partial charge in [-0.3, -0.25) is 4.79 Å². The highest BCUT2D eigenvalue weighted by Crippen LogP contribution is 2.25. The summed E-state index contributed by atoms with van der Waals surface area (Å²) in [7, 11) is 4.68. The Morgan fingerprint density at radius 1 is 1.19 bits per heavy atom. The molecule has 0 fully saturated rings. The van der Waals surface area contributed by atoms with Crippen LogP contribution in [-0.2, 0) is 4.74 Å². The predicted octanol–water partition coefficient (Wildman–Crippen LogP) is 2.50. The van der Waals surface area contributed by atoms with E-state index in [9.17, 15) is 4.79 Å². The van der Waals surface area contributed by atoms with E-state index >= 15 is 0 Å². The van der Waals surface area contributed by atoms with Crippen molar-refractivity contribution < 1.29 is 19.4 Å². The number of aldehydes is 1. The van der Waals surface area contributed by atoms with Crippen LogP contribution in [0, 0.1) is 0 Å². The number of methoxy groups -OCH3 is 2. The molecule has 0 bridgehead atoms. The number of ether oxygens (including phenoxy) is 2. The second-order valence-corrected chi connectivity index (χ2v) is 2.46. The van der Waals surface area contributed by atoms with Crippen molar-refractivity contribution in [3.63, 3.8) is 0 Å². The summed E-state index contributed by atoms with van der Waals surface area (Å²) in [6, 6.07) is 4.41. The van der Waals surface area contributed by atoms with E-state index in [2.05, 4.69) is 4.74 Å². The molecule has 4 nitrogen and oxygen atoms in total. The minimum Gasteiger partial charge on any atom is -0.504 e. The van der Waals surface area contributed by atoms with Gasteiger partial charge in [0.05, 0.1) is 7.11 Å². The second-order valence-electron chi connectivity index (χ2n) is 2.46. The first-order chi connectivity index (χ1) is 7.69. The van der Waals surface area contributed by atoms with Crippen molar-refractivity contribution in [3.05, 3.63) is 23.8 Å². The number of hydrogen-bond donors (Lipinski definition) is 1. The molecule has 0 atom stereocenters. The van der Waals surface area contributed by atoms with Crippen molar-refractivity contribution in [2.75, 3.05) is 21.3 Å². The van der Waals surface area contributed by atoms with E-state index in [0.717, 1.165) is 0 Å². The van der Waals surface area contributed by atoms with Gasteiger partial charge in [-0.25, -0.2) is 0 Å². The fourth-order valence-electron chi connectivity index (χ4n) is 0.768. The largest absolute Gasteiger partial charge is 0.504 e. The van der Waals surface area contributed by atoms with E-state index < -0.39 is 0 Å². The zero-order valence-corrected chi connectivity index (χ0v) is 10.5. The molecule has 92 valence electrons. The van der Waals surface area contributed by atoms with E-state index in [1.807, 2.05) is 13.8 Å². The number of carbonyl (C=O) groups is 1. The predicted molar refractivity (Wildman–Crippen MR) is 64.3 cm³/mol. The summed E-state index contributed by atoms with van der Waals surface area (Å²) < 4.78 is 9.03. The first kappa shape index (κ1) is 16.9. The van der Waals surface area contributed by atoms with Crippen molar-refractivity contribution in [1.82, 2.24) is 0 Å². The van der Waals surface area contributed by atoms with Crippen LogP contribution in [0.5, 0.6) is 11.5 Å². The maximum atomic E-state index is 10.2. The Balaban J connectivity index is 0. The maximum Gasteiger partial charge on any atom is 0.161 e. The first-order valence-electron chi connectivity index (χ1n) is 4.91. The summed E-state index contributed by atoms with van der Waals surface area (Å²) in [5.74, 6) is 0.354. The Hall–Kier alpha value is -1.55. The highest BCUT2D eigenvalue weighted by atomic mass is 16.5. The van der Waals surface area contributed by atoms with Gasteiger partial charge in [-0.1, -0.05) is 13.8 Å². The molecule has 0 aliphatic heterocycles. The minimum atomic E-state index is 0.0399. The highest BCUT2D eigenvalue weighted by molar-refractivity contribution is 5.76. The van der Waals surface area contributed by atoms with Gasteiger partial charge in [0.25, 0.3) is 0 Å². The molecule has 0 unspecified atom stereocenters. The molecule has 0 spiro atoms. The molecule has 0 heterocycles.